The van der Waals surface area contributed by atoms with Gasteiger partial charge in [-0.3, -0.25) is 4.79 Å². The molecule has 0 atom stereocenters. The Balaban J connectivity index is 1.90. The number of fused-ring (bicyclic) bond motifs is 1. The minimum atomic E-state index is -0.593. The van der Waals surface area contributed by atoms with E-state index in [1.165, 1.54) is 0 Å². The van der Waals surface area contributed by atoms with Crippen LogP contribution in [0.25, 0.3) is 10.9 Å². The van der Waals surface area contributed by atoms with Gasteiger partial charge in [-0.25, -0.2) is 4.98 Å². The molecule has 0 radical (unpaired) electrons. The van der Waals surface area contributed by atoms with Crippen LogP contribution in [-0.4, -0.2) is 20.0 Å². The van der Waals surface area contributed by atoms with Crippen LogP contribution < -0.4 is 5.56 Å². The lowest BCUT2D eigenvalue weighted by Gasteiger charge is -2.02. The molecule has 0 fully saturated rings. The van der Waals surface area contributed by atoms with Crippen LogP contribution in [0.1, 0.15) is 5.56 Å². The number of azo groups is 1. The Morgan fingerprint density at radius 1 is 1.09 bits per heavy atom. The van der Waals surface area contributed by atoms with E-state index in [0.717, 1.165) is 5.56 Å². The topological polar surface area (TPSA) is 100 Å². The summed E-state index contributed by atoms with van der Waals surface area (Å²) in [6, 6.07) is 13.2. The molecule has 3 aromatic rings. The average molecular weight is 296 g/mol. The fourth-order valence-corrected chi connectivity index (χ4v) is 1.96. The quantitative estimate of drug-likeness (QED) is 0.573. The summed E-state index contributed by atoms with van der Waals surface area (Å²) in [5.41, 5.74) is 0.676. The first-order chi connectivity index (χ1) is 10.6. The van der Waals surface area contributed by atoms with E-state index in [1.54, 1.807) is 48.5 Å². The highest BCUT2D eigenvalue weighted by Crippen LogP contribution is 2.14. The summed E-state index contributed by atoms with van der Waals surface area (Å²) in [5, 5.41) is 27.0. The SMILES string of the molecule is O=c1c2ccccc2nc(N=NCc2ccc(O)cc2)n1O. The van der Waals surface area contributed by atoms with E-state index in [0.29, 0.717) is 15.6 Å². The van der Waals surface area contributed by atoms with E-state index in [-0.39, 0.29) is 18.2 Å². The summed E-state index contributed by atoms with van der Waals surface area (Å²) < 4.78 is 0.378. The zero-order valence-corrected chi connectivity index (χ0v) is 11.4. The molecule has 1 heterocycles. The highest BCUT2D eigenvalue weighted by Gasteiger charge is 2.08. The van der Waals surface area contributed by atoms with Gasteiger partial charge in [-0.2, -0.15) is 5.11 Å². The summed E-state index contributed by atoms with van der Waals surface area (Å²) in [6.45, 7) is 0.239. The molecule has 1 aromatic heterocycles. The van der Waals surface area contributed by atoms with Gasteiger partial charge in [0.05, 0.1) is 17.4 Å². The van der Waals surface area contributed by atoms with Crippen LogP contribution in [0.2, 0.25) is 0 Å². The molecule has 7 nitrogen and oxygen atoms in total. The van der Waals surface area contributed by atoms with Gasteiger partial charge < -0.3 is 10.3 Å². The summed E-state index contributed by atoms with van der Waals surface area (Å²) in [5.74, 6) is -0.0106. The summed E-state index contributed by atoms with van der Waals surface area (Å²) in [4.78, 5) is 16.1. The standard InChI is InChI=1S/C15H12N4O3/c20-11-7-5-10(6-8-11)9-16-18-15-17-13-4-2-1-3-12(13)14(21)19(15)22/h1-8,20,22H,9H2. The van der Waals surface area contributed by atoms with E-state index >= 15 is 0 Å². The molecule has 2 aromatic carbocycles. The summed E-state index contributed by atoms with van der Waals surface area (Å²) in [6.07, 6.45) is 0. The number of phenols is 1. The smallest absolute Gasteiger partial charge is 0.295 e. The van der Waals surface area contributed by atoms with Crippen LogP contribution in [0.15, 0.2) is 63.6 Å². The monoisotopic (exact) mass is 296 g/mol. The van der Waals surface area contributed by atoms with Gasteiger partial charge in [0.15, 0.2) is 0 Å². The predicted molar refractivity (Wildman–Crippen MR) is 79.5 cm³/mol. The zero-order valence-electron chi connectivity index (χ0n) is 11.4. The Hall–Kier alpha value is -3.22. The molecule has 7 heteroatoms. The molecule has 0 spiro atoms. The number of aromatic nitrogens is 2. The first-order valence-corrected chi connectivity index (χ1v) is 6.51. The van der Waals surface area contributed by atoms with Crippen molar-refractivity contribution in [1.82, 2.24) is 9.71 Å². The van der Waals surface area contributed by atoms with E-state index in [4.69, 9.17) is 0 Å². The maximum atomic E-state index is 12.0. The van der Waals surface area contributed by atoms with Crippen molar-refractivity contribution in [2.45, 2.75) is 6.54 Å². The molecule has 110 valence electrons. The number of benzene rings is 2. The van der Waals surface area contributed by atoms with Crippen molar-refractivity contribution in [2.24, 2.45) is 10.2 Å². The van der Waals surface area contributed by atoms with Crippen molar-refractivity contribution in [3.63, 3.8) is 0 Å². The first-order valence-electron chi connectivity index (χ1n) is 6.51. The highest BCUT2D eigenvalue weighted by molar-refractivity contribution is 5.78. The van der Waals surface area contributed by atoms with Crippen LogP contribution in [0.5, 0.6) is 5.75 Å². The third-order valence-corrected chi connectivity index (χ3v) is 3.09. The molecule has 22 heavy (non-hydrogen) atoms. The molecule has 0 saturated heterocycles. The molecular weight excluding hydrogens is 284 g/mol. The highest BCUT2D eigenvalue weighted by atomic mass is 16.5. The van der Waals surface area contributed by atoms with Crippen molar-refractivity contribution in [1.29, 1.82) is 0 Å². The Kier molecular flexibility index (Phi) is 3.53. The Labute approximate surface area is 124 Å². The Morgan fingerprint density at radius 3 is 2.59 bits per heavy atom. The number of hydrogen-bond donors (Lipinski definition) is 2. The molecule has 3 rings (SSSR count). The largest absolute Gasteiger partial charge is 0.508 e. The van der Waals surface area contributed by atoms with Gasteiger partial charge in [-0.1, -0.05) is 24.3 Å². The number of rotatable bonds is 3. The van der Waals surface area contributed by atoms with Gasteiger partial charge in [-0.05, 0) is 29.8 Å². The van der Waals surface area contributed by atoms with Crippen LogP contribution in [-0.2, 0) is 6.54 Å². The summed E-state index contributed by atoms with van der Waals surface area (Å²) >= 11 is 0. The molecule has 0 saturated carbocycles. The molecule has 2 N–H and O–H groups in total. The van der Waals surface area contributed by atoms with E-state index in [1.807, 2.05) is 0 Å². The van der Waals surface area contributed by atoms with Crippen LogP contribution in [0.3, 0.4) is 0 Å². The van der Waals surface area contributed by atoms with Crippen LogP contribution in [0, 0.1) is 0 Å². The first kappa shape index (κ1) is 13.7. The molecule has 0 aliphatic carbocycles. The lowest BCUT2D eigenvalue weighted by Crippen LogP contribution is -2.18. The third-order valence-electron chi connectivity index (χ3n) is 3.09. The molecule has 0 aliphatic rings. The molecule has 0 bridgehead atoms. The fourth-order valence-electron chi connectivity index (χ4n) is 1.96. The van der Waals surface area contributed by atoms with Crippen LogP contribution >= 0.6 is 0 Å². The second kappa shape index (κ2) is 5.65. The third kappa shape index (κ3) is 2.64. The minimum Gasteiger partial charge on any atom is -0.508 e. The summed E-state index contributed by atoms with van der Waals surface area (Å²) in [7, 11) is 0. The maximum Gasteiger partial charge on any atom is 0.295 e. The molecule has 0 aliphatic heterocycles. The van der Waals surface area contributed by atoms with Crippen molar-refractivity contribution >= 4 is 16.9 Å². The van der Waals surface area contributed by atoms with Gasteiger partial charge in [0.2, 0.25) is 0 Å². The Bertz CT molecular complexity index is 901. The second-order valence-corrected chi connectivity index (χ2v) is 4.61. The molecule has 0 amide bonds. The van der Waals surface area contributed by atoms with E-state index < -0.39 is 5.56 Å². The lowest BCUT2D eigenvalue weighted by atomic mass is 10.2. The number of phenolic OH excluding ortho intramolecular Hbond substituents is 1. The zero-order chi connectivity index (χ0) is 15.5. The molecular formula is C15H12N4O3. The van der Waals surface area contributed by atoms with Gasteiger partial charge >= 0.3 is 0 Å². The Morgan fingerprint density at radius 2 is 1.82 bits per heavy atom. The minimum absolute atomic E-state index is 0.168. The van der Waals surface area contributed by atoms with Crippen molar-refractivity contribution < 1.29 is 10.3 Å². The van der Waals surface area contributed by atoms with Gasteiger partial charge in [0.25, 0.3) is 11.5 Å². The second-order valence-electron chi connectivity index (χ2n) is 4.61. The fraction of sp³-hybridized carbons (Fsp3) is 0.0667. The maximum absolute atomic E-state index is 12.0. The van der Waals surface area contributed by atoms with Crippen molar-refractivity contribution in [3.8, 4) is 5.75 Å². The van der Waals surface area contributed by atoms with E-state index in [9.17, 15) is 15.1 Å². The number of aromatic hydroxyl groups is 1. The number of para-hydroxylation sites is 1. The average Bonchev–Trinajstić information content (AvgIpc) is 2.54. The molecule has 0 unspecified atom stereocenters. The van der Waals surface area contributed by atoms with Gasteiger partial charge in [-0.15, -0.1) is 9.84 Å². The number of hydrogen-bond acceptors (Lipinski definition) is 6. The van der Waals surface area contributed by atoms with Crippen molar-refractivity contribution in [3.05, 3.63) is 64.4 Å². The van der Waals surface area contributed by atoms with Crippen LogP contribution in [0.4, 0.5) is 5.95 Å². The van der Waals surface area contributed by atoms with Crippen molar-refractivity contribution in [2.75, 3.05) is 0 Å². The normalized spacial score (nSPS) is 11.3. The van der Waals surface area contributed by atoms with Gasteiger partial charge in [0, 0.05) is 0 Å². The predicted octanol–water partition coefficient (Wildman–Crippen LogP) is 2.62. The van der Waals surface area contributed by atoms with E-state index in [2.05, 4.69) is 15.2 Å². The lowest BCUT2D eigenvalue weighted by molar-refractivity contribution is 0.177. The van der Waals surface area contributed by atoms with Gasteiger partial charge in [0.1, 0.15) is 5.75 Å². The number of nitrogens with zero attached hydrogens (tertiary/aromatic N) is 4.